The third-order valence-electron chi connectivity index (χ3n) is 2.53. The van der Waals surface area contributed by atoms with Crippen LogP contribution in [0.5, 0.6) is 0 Å². The Bertz CT molecular complexity index is 377. The van der Waals surface area contributed by atoms with Crippen LogP contribution in [0.2, 0.25) is 0 Å². The van der Waals surface area contributed by atoms with Gasteiger partial charge in [0.2, 0.25) is 0 Å². The molecule has 0 radical (unpaired) electrons. The topological polar surface area (TPSA) is 50.2 Å². The first-order valence-corrected chi connectivity index (χ1v) is 6.91. The number of amidine groups is 1. The van der Waals surface area contributed by atoms with Crippen LogP contribution in [-0.4, -0.2) is 26.9 Å². The normalized spacial score (nSPS) is 22.1. The van der Waals surface area contributed by atoms with Crippen LogP contribution in [0.4, 0.5) is 0 Å². The summed E-state index contributed by atoms with van der Waals surface area (Å²) in [5.74, 6) is 1.86. The first-order chi connectivity index (χ1) is 8.24. The minimum atomic E-state index is 0.573. The molecule has 1 N–H and O–H groups in total. The molecule has 1 aliphatic rings. The van der Waals surface area contributed by atoms with Crippen molar-refractivity contribution in [1.29, 1.82) is 0 Å². The molecule has 0 spiro atoms. The fourth-order valence-electron chi connectivity index (χ4n) is 1.79. The summed E-state index contributed by atoms with van der Waals surface area (Å²) in [6.07, 6.45) is 4.52. The Morgan fingerprint density at radius 3 is 3.18 bits per heavy atom. The number of hydrogen-bond donors (Lipinski definition) is 1. The molecule has 1 aromatic heterocycles. The van der Waals surface area contributed by atoms with Gasteiger partial charge in [0.05, 0.1) is 12.2 Å². The van der Waals surface area contributed by atoms with Gasteiger partial charge in [-0.3, -0.25) is 4.99 Å². The highest BCUT2D eigenvalue weighted by Gasteiger charge is 2.20. The summed E-state index contributed by atoms with van der Waals surface area (Å²) in [4.78, 5) is 12.6. The van der Waals surface area contributed by atoms with Crippen molar-refractivity contribution in [3.05, 3.63) is 24.3 Å². The number of hydrogen-bond acceptors (Lipinski definition) is 4. The van der Waals surface area contributed by atoms with Crippen LogP contribution >= 0.6 is 11.8 Å². The van der Waals surface area contributed by atoms with Crippen molar-refractivity contribution < 1.29 is 0 Å². The van der Waals surface area contributed by atoms with Crippen molar-refractivity contribution in [2.75, 3.05) is 5.75 Å². The minimum Gasteiger partial charge on any atom is -0.361 e. The molecule has 1 atom stereocenters. The van der Waals surface area contributed by atoms with E-state index in [-0.39, 0.29) is 0 Å². The van der Waals surface area contributed by atoms with Gasteiger partial charge in [0, 0.05) is 18.0 Å². The van der Waals surface area contributed by atoms with Gasteiger partial charge in [-0.25, -0.2) is 9.97 Å². The van der Waals surface area contributed by atoms with Gasteiger partial charge in [0.1, 0.15) is 6.33 Å². The molecule has 0 amide bonds. The standard InChI is InChI=1S/C12H18N4S/c1-9(2)5-11-7-17-12(16-11)14-6-10-3-4-13-8-15-10/h3-4,8-9,11H,5-7H2,1-2H3,(H,14,16). The summed E-state index contributed by atoms with van der Waals surface area (Å²) in [5, 5.41) is 4.51. The summed E-state index contributed by atoms with van der Waals surface area (Å²) in [7, 11) is 0. The molecule has 1 fully saturated rings. The van der Waals surface area contributed by atoms with Crippen molar-refractivity contribution in [3.63, 3.8) is 0 Å². The van der Waals surface area contributed by atoms with Crippen molar-refractivity contribution in [2.45, 2.75) is 32.9 Å². The summed E-state index contributed by atoms with van der Waals surface area (Å²) in [6.45, 7) is 5.14. The Labute approximate surface area is 106 Å². The van der Waals surface area contributed by atoms with Crippen LogP contribution in [0.1, 0.15) is 26.0 Å². The Morgan fingerprint density at radius 1 is 1.59 bits per heavy atom. The van der Waals surface area contributed by atoms with Gasteiger partial charge >= 0.3 is 0 Å². The molecule has 2 heterocycles. The van der Waals surface area contributed by atoms with Crippen molar-refractivity contribution in [2.24, 2.45) is 10.9 Å². The maximum atomic E-state index is 4.53. The molecule has 0 bridgehead atoms. The predicted octanol–water partition coefficient (Wildman–Crippen LogP) is 2.08. The average molecular weight is 250 g/mol. The molecular formula is C12H18N4S. The summed E-state index contributed by atoms with van der Waals surface area (Å²) in [5.41, 5.74) is 0.960. The van der Waals surface area contributed by atoms with E-state index in [1.807, 2.05) is 17.8 Å². The molecule has 1 aliphatic heterocycles. The maximum Gasteiger partial charge on any atom is 0.157 e. The Balaban J connectivity index is 1.84. The highest BCUT2D eigenvalue weighted by atomic mass is 32.2. The molecule has 92 valence electrons. The zero-order chi connectivity index (χ0) is 12.1. The van der Waals surface area contributed by atoms with E-state index in [1.165, 1.54) is 6.42 Å². The van der Waals surface area contributed by atoms with E-state index in [0.29, 0.717) is 12.6 Å². The molecule has 1 saturated heterocycles. The SMILES string of the molecule is CC(C)CC1CSC(=NCc2ccncn2)N1. The van der Waals surface area contributed by atoms with Gasteiger partial charge in [0.15, 0.2) is 5.17 Å². The molecule has 1 unspecified atom stereocenters. The smallest absolute Gasteiger partial charge is 0.157 e. The number of nitrogens with zero attached hydrogens (tertiary/aromatic N) is 3. The Hall–Kier alpha value is -1.10. The Kier molecular flexibility index (Phi) is 4.36. The second kappa shape index (κ2) is 6.00. The highest BCUT2D eigenvalue weighted by Crippen LogP contribution is 2.19. The van der Waals surface area contributed by atoms with Gasteiger partial charge in [-0.05, 0) is 18.4 Å². The third-order valence-corrected chi connectivity index (χ3v) is 3.62. The quantitative estimate of drug-likeness (QED) is 0.889. The fourth-order valence-corrected chi connectivity index (χ4v) is 2.77. The van der Waals surface area contributed by atoms with Gasteiger partial charge in [-0.15, -0.1) is 0 Å². The number of aliphatic imine (C=N–C) groups is 1. The zero-order valence-corrected chi connectivity index (χ0v) is 11.1. The number of thioether (sulfide) groups is 1. The van der Waals surface area contributed by atoms with Crippen molar-refractivity contribution >= 4 is 16.9 Å². The largest absolute Gasteiger partial charge is 0.361 e. The summed E-state index contributed by atoms with van der Waals surface area (Å²) >= 11 is 1.81. The van der Waals surface area contributed by atoms with Crippen LogP contribution in [0.3, 0.4) is 0 Å². The third kappa shape index (κ3) is 4.00. The van der Waals surface area contributed by atoms with Gasteiger partial charge in [-0.2, -0.15) is 0 Å². The van der Waals surface area contributed by atoms with Crippen molar-refractivity contribution in [3.8, 4) is 0 Å². The molecule has 4 nitrogen and oxygen atoms in total. The van der Waals surface area contributed by atoms with E-state index in [1.54, 1.807) is 12.5 Å². The van der Waals surface area contributed by atoms with Crippen LogP contribution in [0, 0.1) is 5.92 Å². The molecule has 17 heavy (non-hydrogen) atoms. The molecule has 0 aliphatic carbocycles. The van der Waals surface area contributed by atoms with Gasteiger partial charge in [-0.1, -0.05) is 25.6 Å². The van der Waals surface area contributed by atoms with Crippen LogP contribution in [-0.2, 0) is 6.54 Å². The molecule has 1 aromatic rings. The van der Waals surface area contributed by atoms with Crippen LogP contribution in [0.25, 0.3) is 0 Å². The minimum absolute atomic E-state index is 0.573. The lowest BCUT2D eigenvalue weighted by molar-refractivity contribution is 0.502. The lowest BCUT2D eigenvalue weighted by Crippen LogP contribution is -2.28. The van der Waals surface area contributed by atoms with E-state index < -0.39 is 0 Å². The number of aromatic nitrogens is 2. The average Bonchev–Trinajstić information content (AvgIpc) is 2.75. The fraction of sp³-hybridized carbons (Fsp3) is 0.583. The molecule has 0 saturated carbocycles. The first-order valence-electron chi connectivity index (χ1n) is 5.92. The lowest BCUT2D eigenvalue weighted by Gasteiger charge is -2.11. The lowest BCUT2D eigenvalue weighted by atomic mass is 10.1. The van der Waals surface area contributed by atoms with Gasteiger partial charge < -0.3 is 5.32 Å². The van der Waals surface area contributed by atoms with E-state index in [2.05, 4.69) is 34.1 Å². The number of rotatable bonds is 4. The maximum absolute atomic E-state index is 4.53. The Morgan fingerprint density at radius 2 is 2.47 bits per heavy atom. The van der Waals surface area contributed by atoms with E-state index in [4.69, 9.17) is 0 Å². The second-order valence-corrected chi connectivity index (χ2v) is 5.61. The second-order valence-electron chi connectivity index (χ2n) is 4.60. The molecular weight excluding hydrogens is 232 g/mol. The van der Waals surface area contributed by atoms with E-state index >= 15 is 0 Å². The molecule has 5 heteroatoms. The first kappa shape index (κ1) is 12.4. The summed E-state index contributed by atoms with van der Waals surface area (Å²) in [6, 6.07) is 2.47. The molecule has 2 rings (SSSR count). The van der Waals surface area contributed by atoms with E-state index in [0.717, 1.165) is 22.5 Å². The summed E-state index contributed by atoms with van der Waals surface area (Å²) < 4.78 is 0. The van der Waals surface area contributed by atoms with Crippen LogP contribution in [0.15, 0.2) is 23.6 Å². The zero-order valence-electron chi connectivity index (χ0n) is 10.3. The van der Waals surface area contributed by atoms with Crippen LogP contribution < -0.4 is 5.32 Å². The van der Waals surface area contributed by atoms with Crippen molar-refractivity contribution in [1.82, 2.24) is 15.3 Å². The highest BCUT2D eigenvalue weighted by molar-refractivity contribution is 8.14. The van der Waals surface area contributed by atoms with E-state index in [9.17, 15) is 0 Å². The monoisotopic (exact) mass is 250 g/mol. The molecule has 0 aromatic carbocycles. The number of nitrogens with one attached hydrogen (secondary N) is 1. The predicted molar refractivity (Wildman–Crippen MR) is 72.0 cm³/mol. The van der Waals surface area contributed by atoms with Gasteiger partial charge in [0.25, 0.3) is 0 Å².